The molecule has 1 aromatic heterocycles. The summed E-state index contributed by atoms with van der Waals surface area (Å²) in [5.41, 5.74) is 1.55. The number of aliphatic hydroxyl groups is 1. The van der Waals surface area contributed by atoms with Crippen LogP contribution >= 0.6 is 11.6 Å². The van der Waals surface area contributed by atoms with E-state index in [1.807, 2.05) is 0 Å². The van der Waals surface area contributed by atoms with Gasteiger partial charge in [-0.3, -0.25) is 0 Å². The van der Waals surface area contributed by atoms with Crippen molar-refractivity contribution in [1.29, 1.82) is 0 Å². The van der Waals surface area contributed by atoms with Crippen LogP contribution in [0.15, 0.2) is 35.2 Å². The average Bonchev–Trinajstić information content (AvgIpc) is 2.70. The van der Waals surface area contributed by atoms with Gasteiger partial charge >= 0.3 is 0 Å². The predicted molar refractivity (Wildman–Crippen MR) is 52.9 cm³/mol. The van der Waals surface area contributed by atoms with Gasteiger partial charge in [-0.1, -0.05) is 11.6 Å². The summed E-state index contributed by atoms with van der Waals surface area (Å²) in [6.45, 7) is -0.0728. The fourth-order valence-electron chi connectivity index (χ4n) is 1.28. The van der Waals surface area contributed by atoms with E-state index in [4.69, 9.17) is 21.1 Å². The van der Waals surface area contributed by atoms with Gasteiger partial charge in [0.25, 0.3) is 0 Å². The molecule has 0 spiro atoms. The summed E-state index contributed by atoms with van der Waals surface area (Å²) < 4.78 is 5.14. The van der Waals surface area contributed by atoms with E-state index in [1.165, 1.54) is 6.39 Å². The maximum atomic E-state index is 9.12. The second kappa shape index (κ2) is 3.82. The first-order valence-electron chi connectivity index (χ1n) is 4.09. The van der Waals surface area contributed by atoms with Crippen molar-refractivity contribution in [1.82, 2.24) is 4.98 Å². The highest BCUT2D eigenvalue weighted by Gasteiger charge is 2.07. The molecule has 0 bridgehead atoms. The quantitative estimate of drug-likeness (QED) is 0.827. The number of aromatic nitrogens is 1. The largest absolute Gasteiger partial charge is 0.444 e. The second-order valence-corrected chi connectivity index (χ2v) is 3.26. The van der Waals surface area contributed by atoms with Crippen molar-refractivity contribution in [2.24, 2.45) is 0 Å². The number of nitrogens with zero attached hydrogens (tertiary/aromatic N) is 1. The standard InChI is InChI=1S/C10H8ClNO2/c11-8-1-2-9(7(3-8)5-13)10-4-12-6-14-10/h1-4,6,13H,5H2. The molecule has 0 unspecified atom stereocenters. The van der Waals surface area contributed by atoms with Crippen molar-refractivity contribution < 1.29 is 9.52 Å². The van der Waals surface area contributed by atoms with Crippen LogP contribution in [0.2, 0.25) is 5.02 Å². The fraction of sp³-hybridized carbons (Fsp3) is 0.100. The van der Waals surface area contributed by atoms with Crippen LogP contribution in [0, 0.1) is 0 Å². The topological polar surface area (TPSA) is 46.3 Å². The van der Waals surface area contributed by atoms with Crippen molar-refractivity contribution in [2.75, 3.05) is 0 Å². The molecule has 0 fully saturated rings. The molecule has 4 heteroatoms. The number of hydrogen-bond acceptors (Lipinski definition) is 3. The van der Waals surface area contributed by atoms with Crippen LogP contribution in [0.4, 0.5) is 0 Å². The van der Waals surface area contributed by atoms with Crippen LogP contribution in [-0.2, 0) is 6.61 Å². The molecule has 72 valence electrons. The van der Waals surface area contributed by atoms with Gasteiger partial charge in [-0.25, -0.2) is 4.98 Å². The van der Waals surface area contributed by atoms with E-state index in [0.29, 0.717) is 10.8 Å². The summed E-state index contributed by atoms with van der Waals surface area (Å²) in [6, 6.07) is 5.26. The molecule has 0 saturated heterocycles. The van der Waals surface area contributed by atoms with Crippen molar-refractivity contribution in [3.05, 3.63) is 41.4 Å². The van der Waals surface area contributed by atoms with Crippen molar-refractivity contribution in [3.63, 3.8) is 0 Å². The molecule has 2 rings (SSSR count). The number of rotatable bonds is 2. The van der Waals surface area contributed by atoms with Crippen LogP contribution in [-0.4, -0.2) is 10.1 Å². The number of benzene rings is 1. The maximum Gasteiger partial charge on any atom is 0.181 e. The lowest BCUT2D eigenvalue weighted by Gasteiger charge is -2.03. The first-order chi connectivity index (χ1) is 6.81. The predicted octanol–water partition coefficient (Wildman–Crippen LogP) is 2.49. The highest BCUT2D eigenvalue weighted by molar-refractivity contribution is 6.30. The van der Waals surface area contributed by atoms with E-state index in [0.717, 1.165) is 11.1 Å². The molecule has 3 nitrogen and oxygen atoms in total. The Labute approximate surface area is 86.0 Å². The monoisotopic (exact) mass is 209 g/mol. The van der Waals surface area contributed by atoms with E-state index in [9.17, 15) is 0 Å². The smallest absolute Gasteiger partial charge is 0.181 e. The molecule has 0 saturated carbocycles. The lowest BCUT2D eigenvalue weighted by Crippen LogP contribution is -1.87. The minimum Gasteiger partial charge on any atom is -0.444 e. The average molecular weight is 210 g/mol. The Morgan fingerprint density at radius 3 is 2.93 bits per heavy atom. The molecule has 2 aromatic rings. The number of hydrogen-bond donors (Lipinski definition) is 1. The van der Waals surface area contributed by atoms with Crippen molar-refractivity contribution in [3.8, 4) is 11.3 Å². The molecule has 0 atom stereocenters. The second-order valence-electron chi connectivity index (χ2n) is 2.83. The molecular formula is C10H8ClNO2. The van der Waals surface area contributed by atoms with Crippen LogP contribution in [0.1, 0.15) is 5.56 Å². The summed E-state index contributed by atoms with van der Waals surface area (Å²) in [4.78, 5) is 3.82. The van der Waals surface area contributed by atoms with E-state index in [1.54, 1.807) is 24.4 Å². The molecule has 1 heterocycles. The number of aliphatic hydroxyl groups excluding tert-OH is 1. The van der Waals surface area contributed by atoms with Crippen molar-refractivity contribution >= 4 is 11.6 Å². The summed E-state index contributed by atoms with van der Waals surface area (Å²) in [5.74, 6) is 0.630. The molecule has 1 aromatic carbocycles. The summed E-state index contributed by atoms with van der Waals surface area (Å²) in [5, 5.41) is 9.72. The lowest BCUT2D eigenvalue weighted by molar-refractivity contribution is 0.282. The van der Waals surface area contributed by atoms with Gasteiger partial charge in [0.05, 0.1) is 12.8 Å². The molecule has 1 N–H and O–H groups in total. The van der Waals surface area contributed by atoms with Gasteiger partial charge in [0.2, 0.25) is 0 Å². The Bertz CT molecular complexity index is 426. The minimum atomic E-state index is -0.0728. The highest BCUT2D eigenvalue weighted by Crippen LogP contribution is 2.26. The van der Waals surface area contributed by atoms with Gasteiger partial charge in [-0.05, 0) is 23.8 Å². The number of oxazole rings is 1. The molecule has 0 radical (unpaired) electrons. The molecular weight excluding hydrogens is 202 g/mol. The Balaban J connectivity index is 2.53. The van der Waals surface area contributed by atoms with E-state index in [-0.39, 0.29) is 6.61 Å². The van der Waals surface area contributed by atoms with Gasteiger partial charge in [-0.2, -0.15) is 0 Å². The Hall–Kier alpha value is -1.32. The first kappa shape index (κ1) is 9.24. The Morgan fingerprint density at radius 2 is 2.29 bits per heavy atom. The SMILES string of the molecule is OCc1cc(Cl)ccc1-c1cnco1. The number of halogens is 1. The molecule has 0 aliphatic carbocycles. The first-order valence-corrected chi connectivity index (χ1v) is 4.47. The zero-order chi connectivity index (χ0) is 9.97. The molecule has 0 amide bonds. The van der Waals surface area contributed by atoms with Gasteiger partial charge < -0.3 is 9.52 Å². The van der Waals surface area contributed by atoms with Gasteiger partial charge in [0.1, 0.15) is 0 Å². The van der Waals surface area contributed by atoms with Crippen LogP contribution in [0.3, 0.4) is 0 Å². The van der Waals surface area contributed by atoms with Gasteiger partial charge in [-0.15, -0.1) is 0 Å². The summed E-state index contributed by atoms with van der Waals surface area (Å²) in [6.07, 6.45) is 2.95. The molecule has 0 aliphatic rings. The van der Waals surface area contributed by atoms with E-state index < -0.39 is 0 Å². The fourth-order valence-corrected chi connectivity index (χ4v) is 1.48. The summed E-state index contributed by atoms with van der Waals surface area (Å²) in [7, 11) is 0. The third-order valence-corrected chi connectivity index (χ3v) is 2.17. The van der Waals surface area contributed by atoms with Gasteiger partial charge in [0, 0.05) is 10.6 Å². The maximum absolute atomic E-state index is 9.12. The van der Waals surface area contributed by atoms with Crippen molar-refractivity contribution in [2.45, 2.75) is 6.61 Å². The third kappa shape index (κ3) is 1.64. The van der Waals surface area contributed by atoms with Crippen LogP contribution in [0.25, 0.3) is 11.3 Å². The molecule has 14 heavy (non-hydrogen) atoms. The lowest BCUT2D eigenvalue weighted by atomic mass is 10.1. The normalized spacial score (nSPS) is 10.4. The van der Waals surface area contributed by atoms with Crippen LogP contribution < -0.4 is 0 Å². The minimum absolute atomic E-state index is 0.0728. The van der Waals surface area contributed by atoms with E-state index >= 15 is 0 Å². The Morgan fingerprint density at radius 1 is 1.43 bits per heavy atom. The third-order valence-electron chi connectivity index (χ3n) is 1.94. The van der Waals surface area contributed by atoms with Gasteiger partial charge in [0.15, 0.2) is 12.2 Å². The highest BCUT2D eigenvalue weighted by atomic mass is 35.5. The van der Waals surface area contributed by atoms with Crippen LogP contribution in [0.5, 0.6) is 0 Å². The zero-order valence-electron chi connectivity index (χ0n) is 7.27. The Kier molecular flexibility index (Phi) is 2.52. The summed E-state index contributed by atoms with van der Waals surface area (Å²) >= 11 is 5.80. The van der Waals surface area contributed by atoms with E-state index in [2.05, 4.69) is 4.98 Å². The zero-order valence-corrected chi connectivity index (χ0v) is 8.03. The molecule has 0 aliphatic heterocycles.